The van der Waals surface area contributed by atoms with Crippen molar-refractivity contribution in [3.8, 4) is 5.88 Å². The van der Waals surface area contributed by atoms with Gasteiger partial charge >= 0.3 is 16.2 Å². The predicted molar refractivity (Wildman–Crippen MR) is 122 cm³/mol. The van der Waals surface area contributed by atoms with Crippen molar-refractivity contribution in [3.63, 3.8) is 0 Å². The minimum atomic E-state index is -3.95. The van der Waals surface area contributed by atoms with Gasteiger partial charge in [-0.3, -0.25) is 4.72 Å². The molecule has 0 unspecified atom stereocenters. The first kappa shape index (κ1) is 26.1. The zero-order valence-electron chi connectivity index (χ0n) is 18.6. The van der Waals surface area contributed by atoms with Crippen molar-refractivity contribution in [3.05, 3.63) is 41.5 Å². The van der Waals surface area contributed by atoms with Gasteiger partial charge in [-0.2, -0.15) is 17.7 Å². The van der Waals surface area contributed by atoms with Gasteiger partial charge in [0.05, 0.1) is 0 Å². The van der Waals surface area contributed by atoms with Gasteiger partial charge in [-0.25, -0.2) is 18.6 Å². The third-order valence-corrected chi connectivity index (χ3v) is 7.48. The molecule has 2 N–H and O–H groups in total. The molecule has 3 rings (SSSR count). The molecule has 2 heterocycles. The van der Waals surface area contributed by atoms with Crippen LogP contribution in [0.2, 0.25) is 0 Å². The number of hydrogen-bond donors (Lipinski definition) is 2. The zero-order chi connectivity index (χ0) is 24.9. The number of benzene rings is 1. The highest BCUT2D eigenvalue weighted by molar-refractivity contribution is 7.98. The van der Waals surface area contributed by atoms with E-state index in [9.17, 15) is 22.0 Å². The monoisotopic (exact) mass is 517 g/mol. The number of piperazine rings is 1. The van der Waals surface area contributed by atoms with Crippen LogP contribution in [0.5, 0.6) is 5.88 Å². The Hall–Kier alpha value is -2.55. The lowest BCUT2D eigenvalue weighted by Crippen LogP contribution is -2.50. The first-order chi connectivity index (χ1) is 16.1. The quantitative estimate of drug-likeness (QED) is 0.360. The Labute approximate surface area is 200 Å². The molecule has 0 bridgehead atoms. The Bertz CT molecular complexity index is 1130. The van der Waals surface area contributed by atoms with Crippen LogP contribution in [0, 0.1) is 11.6 Å². The third-order valence-electron chi connectivity index (χ3n) is 5.07. The Balaban J connectivity index is 1.82. The summed E-state index contributed by atoms with van der Waals surface area (Å²) in [4.78, 5) is 21.5. The number of nitrogens with one attached hydrogen (secondary N) is 1. The molecule has 1 fully saturated rings. The number of thioether (sulfide) groups is 1. The van der Waals surface area contributed by atoms with E-state index in [1.165, 1.54) is 29.4 Å². The molecule has 1 aliphatic heterocycles. The van der Waals surface area contributed by atoms with E-state index in [1.54, 1.807) is 0 Å². The lowest BCUT2D eigenvalue weighted by molar-refractivity contribution is -0.144. The highest BCUT2D eigenvalue weighted by atomic mass is 32.2. The maximum Gasteiger partial charge on any atom is 0.344 e. The molecule has 1 aromatic carbocycles. The lowest BCUT2D eigenvalue weighted by Gasteiger charge is -2.33. The number of anilines is 1. The van der Waals surface area contributed by atoms with Gasteiger partial charge in [0.15, 0.2) is 22.9 Å². The van der Waals surface area contributed by atoms with Crippen LogP contribution >= 0.6 is 11.8 Å². The molecule has 14 heteroatoms. The third kappa shape index (κ3) is 6.74. The van der Waals surface area contributed by atoms with Gasteiger partial charge in [0, 0.05) is 43.6 Å². The molecule has 0 radical (unpaired) electrons. The van der Waals surface area contributed by atoms with E-state index >= 15 is 0 Å². The molecule has 10 nitrogen and oxygen atoms in total. The van der Waals surface area contributed by atoms with E-state index in [-0.39, 0.29) is 28.2 Å². The van der Waals surface area contributed by atoms with Gasteiger partial charge in [0.1, 0.15) is 5.82 Å². The van der Waals surface area contributed by atoms with Crippen LogP contribution in [0.4, 0.5) is 14.6 Å². The molecule has 1 aliphatic rings. The van der Waals surface area contributed by atoms with Gasteiger partial charge in [-0.05, 0) is 19.5 Å². The molecule has 186 valence electrons. The highest BCUT2D eigenvalue weighted by Crippen LogP contribution is 2.27. The van der Waals surface area contributed by atoms with Crippen molar-refractivity contribution in [1.29, 1.82) is 0 Å². The number of hydrogen-bond acceptors (Lipinski definition) is 8. The summed E-state index contributed by atoms with van der Waals surface area (Å²) in [5.41, 5.74) is 0.0646. The molecule has 0 aliphatic carbocycles. The number of carboxylic acids is 1. The lowest BCUT2D eigenvalue weighted by atomic mass is 10.2. The van der Waals surface area contributed by atoms with E-state index in [4.69, 9.17) is 9.84 Å². The minimum Gasteiger partial charge on any atom is -0.479 e. The average molecular weight is 518 g/mol. The first-order valence-electron chi connectivity index (χ1n) is 10.4. The summed E-state index contributed by atoms with van der Waals surface area (Å²) in [5, 5.41) is 9.11. The number of nitrogens with zero attached hydrogens (tertiary/aromatic N) is 4. The number of rotatable bonds is 10. The fraction of sp³-hybridized carbons (Fsp3) is 0.450. The number of likely N-dealkylation sites (N-methyl/N-ethyl adjacent to an activating group) is 1. The molecule has 0 amide bonds. The fourth-order valence-corrected chi connectivity index (χ4v) is 5.06. The largest absolute Gasteiger partial charge is 0.479 e. The Morgan fingerprint density at radius 1 is 1.26 bits per heavy atom. The van der Waals surface area contributed by atoms with Crippen LogP contribution in [0.15, 0.2) is 29.4 Å². The Morgan fingerprint density at radius 3 is 2.62 bits per heavy atom. The van der Waals surface area contributed by atoms with Crippen LogP contribution in [0.3, 0.4) is 0 Å². The van der Waals surface area contributed by atoms with Crippen molar-refractivity contribution < 1.29 is 31.8 Å². The van der Waals surface area contributed by atoms with Crippen molar-refractivity contribution in [1.82, 2.24) is 19.2 Å². The molecule has 1 aromatic heterocycles. The van der Waals surface area contributed by atoms with Crippen LogP contribution in [-0.2, 0) is 20.8 Å². The number of carboxylic acid groups (broad SMARTS) is 1. The van der Waals surface area contributed by atoms with Crippen LogP contribution in [-0.4, -0.2) is 77.5 Å². The van der Waals surface area contributed by atoms with Crippen molar-refractivity contribution in [2.45, 2.75) is 30.9 Å². The van der Waals surface area contributed by atoms with Crippen LogP contribution in [0.1, 0.15) is 19.4 Å². The second-order valence-corrected chi connectivity index (χ2v) is 10.0. The minimum absolute atomic E-state index is 0.00717. The highest BCUT2D eigenvalue weighted by Gasteiger charge is 2.27. The molecular formula is C20H25F2N5O5S2. The van der Waals surface area contributed by atoms with E-state index in [1.807, 2.05) is 6.92 Å². The summed E-state index contributed by atoms with van der Waals surface area (Å²) >= 11 is 0.914. The molecule has 2 aromatic rings. The summed E-state index contributed by atoms with van der Waals surface area (Å²) in [6, 6.07) is 4.93. The van der Waals surface area contributed by atoms with Gasteiger partial charge in [-0.1, -0.05) is 30.8 Å². The van der Waals surface area contributed by atoms with E-state index in [0.717, 1.165) is 24.4 Å². The smallest absolute Gasteiger partial charge is 0.344 e. The van der Waals surface area contributed by atoms with Crippen LogP contribution < -0.4 is 9.46 Å². The number of halogens is 2. The van der Waals surface area contributed by atoms with Gasteiger partial charge in [-0.15, -0.1) is 0 Å². The topological polar surface area (TPSA) is 125 Å². The number of carbonyl (C=O) groups is 1. The van der Waals surface area contributed by atoms with Gasteiger partial charge < -0.3 is 14.7 Å². The molecular weight excluding hydrogens is 492 g/mol. The molecule has 1 saturated heterocycles. The summed E-state index contributed by atoms with van der Waals surface area (Å²) in [7, 11) is -3.95. The van der Waals surface area contributed by atoms with Crippen molar-refractivity contribution in [2.75, 3.05) is 37.4 Å². The zero-order valence-corrected chi connectivity index (χ0v) is 20.2. The SMILES string of the molecule is CCN1CCN(S(=O)(=O)Nc2cc(O[C@H](C)C(=O)O)nc(SCc3cccc(F)c3F)n2)CC1. The number of aromatic nitrogens is 2. The molecule has 0 saturated carbocycles. The maximum atomic E-state index is 14.0. The molecule has 0 spiro atoms. The van der Waals surface area contributed by atoms with Gasteiger partial charge in [0.25, 0.3) is 0 Å². The molecule has 34 heavy (non-hydrogen) atoms. The van der Waals surface area contributed by atoms with E-state index in [0.29, 0.717) is 26.2 Å². The summed E-state index contributed by atoms with van der Waals surface area (Å²) in [5.74, 6) is -3.61. The van der Waals surface area contributed by atoms with Crippen molar-refractivity contribution >= 4 is 33.8 Å². The first-order valence-corrected chi connectivity index (χ1v) is 12.9. The summed E-state index contributed by atoms with van der Waals surface area (Å²) < 4.78 is 62.2. The predicted octanol–water partition coefficient (Wildman–Crippen LogP) is 2.19. The Morgan fingerprint density at radius 2 is 1.97 bits per heavy atom. The van der Waals surface area contributed by atoms with Gasteiger partial charge in [0.2, 0.25) is 5.88 Å². The van der Waals surface area contributed by atoms with Crippen LogP contribution in [0.25, 0.3) is 0 Å². The second kappa shape index (κ2) is 11.3. The normalized spacial score (nSPS) is 16.2. The summed E-state index contributed by atoms with van der Waals surface area (Å²) in [6.07, 6.45) is -1.26. The molecule has 1 atom stereocenters. The van der Waals surface area contributed by atoms with E-state index in [2.05, 4.69) is 19.6 Å². The Kier molecular flexibility index (Phi) is 8.62. The fourth-order valence-electron chi connectivity index (χ4n) is 3.10. The van der Waals surface area contributed by atoms with E-state index < -0.39 is 33.9 Å². The standard InChI is InChI=1S/C20H25F2N5O5S2/c1-3-26-7-9-27(10-8-26)34(30,31)25-16-11-17(32-13(2)19(28)29)24-20(23-16)33-12-14-5-4-6-15(21)18(14)22/h4-6,11,13H,3,7-10,12H2,1-2H3,(H,28,29)(H,23,24,25)/t13-/m1/s1. The maximum absolute atomic E-state index is 14.0. The van der Waals surface area contributed by atoms with Crippen molar-refractivity contribution in [2.24, 2.45) is 0 Å². The second-order valence-electron chi connectivity index (χ2n) is 7.41. The average Bonchev–Trinajstić information content (AvgIpc) is 2.79. The summed E-state index contributed by atoms with van der Waals surface area (Å²) in [6.45, 7) is 5.89. The number of ether oxygens (including phenoxy) is 1. The number of aliphatic carboxylic acids is 1.